The van der Waals surface area contributed by atoms with Crippen molar-refractivity contribution in [2.24, 2.45) is 0 Å². The zero-order chi connectivity index (χ0) is 11.4. The van der Waals surface area contributed by atoms with E-state index in [4.69, 9.17) is 10.00 Å². The molecule has 0 aliphatic heterocycles. The Bertz CT molecular complexity index is 528. The maximum atomic E-state index is 8.73. The fourth-order valence-corrected chi connectivity index (χ4v) is 1.88. The summed E-state index contributed by atoms with van der Waals surface area (Å²) < 4.78 is 5.54. The summed E-state index contributed by atoms with van der Waals surface area (Å²) in [7, 11) is 0. The van der Waals surface area contributed by atoms with Crippen LogP contribution in [0, 0.1) is 18.3 Å². The second kappa shape index (κ2) is 4.77. The van der Waals surface area contributed by atoms with E-state index in [0.29, 0.717) is 17.9 Å². The Morgan fingerprint density at radius 3 is 3.06 bits per heavy atom. The molecule has 0 bridgehead atoms. The highest BCUT2D eigenvalue weighted by molar-refractivity contribution is 7.09. The van der Waals surface area contributed by atoms with Gasteiger partial charge in [0.1, 0.15) is 12.4 Å². The number of rotatable bonds is 3. The molecular weight excluding hydrogens is 220 g/mol. The van der Waals surface area contributed by atoms with Gasteiger partial charge in [-0.25, -0.2) is 4.98 Å². The van der Waals surface area contributed by atoms with Crippen molar-refractivity contribution in [1.82, 2.24) is 4.98 Å². The van der Waals surface area contributed by atoms with Crippen molar-refractivity contribution >= 4 is 11.3 Å². The minimum Gasteiger partial charge on any atom is -0.487 e. The third kappa shape index (κ3) is 2.59. The summed E-state index contributed by atoms with van der Waals surface area (Å²) in [5.74, 6) is 0.699. The molecule has 1 heterocycles. The molecular formula is C12H10N2OS. The van der Waals surface area contributed by atoms with E-state index >= 15 is 0 Å². The van der Waals surface area contributed by atoms with E-state index in [1.807, 2.05) is 18.4 Å². The summed E-state index contributed by atoms with van der Waals surface area (Å²) in [5, 5.41) is 11.7. The zero-order valence-electron chi connectivity index (χ0n) is 8.80. The summed E-state index contributed by atoms with van der Waals surface area (Å²) in [6.07, 6.45) is 0. The van der Waals surface area contributed by atoms with E-state index in [1.165, 1.54) is 0 Å². The lowest BCUT2D eigenvalue weighted by atomic mass is 10.2. The number of benzene rings is 1. The van der Waals surface area contributed by atoms with Crippen molar-refractivity contribution in [3.05, 3.63) is 45.9 Å². The lowest BCUT2D eigenvalue weighted by molar-refractivity contribution is 0.302. The average molecular weight is 230 g/mol. The summed E-state index contributed by atoms with van der Waals surface area (Å²) in [5.41, 5.74) is 1.52. The molecule has 1 aromatic heterocycles. The highest BCUT2D eigenvalue weighted by Crippen LogP contribution is 2.15. The molecule has 16 heavy (non-hydrogen) atoms. The van der Waals surface area contributed by atoms with Crippen LogP contribution in [-0.2, 0) is 6.61 Å². The first kappa shape index (κ1) is 10.7. The second-order valence-electron chi connectivity index (χ2n) is 3.29. The van der Waals surface area contributed by atoms with E-state index in [2.05, 4.69) is 11.1 Å². The van der Waals surface area contributed by atoms with Gasteiger partial charge in [0.15, 0.2) is 0 Å². The number of nitrogens with zero attached hydrogens (tertiary/aromatic N) is 2. The Hall–Kier alpha value is -1.86. The van der Waals surface area contributed by atoms with Crippen molar-refractivity contribution in [2.75, 3.05) is 0 Å². The first-order chi connectivity index (χ1) is 7.78. The first-order valence-electron chi connectivity index (χ1n) is 4.82. The number of aryl methyl sites for hydroxylation is 1. The van der Waals surface area contributed by atoms with Crippen LogP contribution in [0.15, 0.2) is 29.6 Å². The predicted molar refractivity (Wildman–Crippen MR) is 62.3 cm³/mol. The topological polar surface area (TPSA) is 45.9 Å². The van der Waals surface area contributed by atoms with E-state index in [1.54, 1.807) is 29.5 Å². The number of hydrogen-bond acceptors (Lipinski definition) is 4. The molecule has 0 radical (unpaired) electrons. The molecule has 0 spiro atoms. The molecule has 0 unspecified atom stereocenters. The molecule has 2 rings (SSSR count). The van der Waals surface area contributed by atoms with Gasteiger partial charge in [0, 0.05) is 5.38 Å². The van der Waals surface area contributed by atoms with Crippen LogP contribution in [0.3, 0.4) is 0 Å². The van der Waals surface area contributed by atoms with E-state index in [0.717, 1.165) is 10.7 Å². The molecule has 0 N–H and O–H groups in total. The first-order valence-corrected chi connectivity index (χ1v) is 5.70. The fourth-order valence-electron chi connectivity index (χ4n) is 1.29. The number of aromatic nitrogens is 1. The number of ether oxygens (including phenoxy) is 1. The van der Waals surface area contributed by atoms with Gasteiger partial charge in [-0.3, -0.25) is 0 Å². The maximum absolute atomic E-state index is 8.73. The molecule has 0 saturated carbocycles. The van der Waals surface area contributed by atoms with Gasteiger partial charge in [0.2, 0.25) is 0 Å². The Balaban J connectivity index is 2.02. The summed E-state index contributed by atoms with van der Waals surface area (Å²) in [6, 6.07) is 9.19. The van der Waals surface area contributed by atoms with Crippen LogP contribution in [0.2, 0.25) is 0 Å². The van der Waals surface area contributed by atoms with Crippen LogP contribution >= 0.6 is 11.3 Å². The van der Waals surface area contributed by atoms with Crippen LogP contribution in [0.1, 0.15) is 16.3 Å². The highest BCUT2D eigenvalue weighted by atomic mass is 32.1. The Labute approximate surface area is 97.9 Å². The van der Waals surface area contributed by atoms with Crippen LogP contribution in [0.4, 0.5) is 0 Å². The number of nitriles is 1. The standard InChI is InChI=1S/C12H10N2OS/c1-9-14-11(8-16-9)7-15-12-4-2-3-10(5-12)6-13/h2-5,8H,7H2,1H3. The minimum atomic E-state index is 0.444. The smallest absolute Gasteiger partial charge is 0.131 e. The van der Waals surface area contributed by atoms with Gasteiger partial charge in [-0.2, -0.15) is 5.26 Å². The lowest BCUT2D eigenvalue weighted by Gasteiger charge is -2.03. The number of thiazole rings is 1. The largest absolute Gasteiger partial charge is 0.487 e. The summed E-state index contributed by atoms with van der Waals surface area (Å²) in [6.45, 7) is 2.41. The Morgan fingerprint density at radius 2 is 2.38 bits per heavy atom. The van der Waals surface area contributed by atoms with Gasteiger partial charge in [-0.1, -0.05) is 6.07 Å². The molecule has 0 aliphatic rings. The quantitative estimate of drug-likeness (QED) is 0.814. The molecule has 2 aromatic rings. The van der Waals surface area contributed by atoms with Gasteiger partial charge >= 0.3 is 0 Å². The van der Waals surface area contributed by atoms with Gasteiger partial charge in [0.05, 0.1) is 22.3 Å². The molecule has 80 valence electrons. The van der Waals surface area contributed by atoms with Crippen molar-refractivity contribution < 1.29 is 4.74 Å². The Kier molecular flexibility index (Phi) is 3.18. The molecule has 0 amide bonds. The SMILES string of the molecule is Cc1nc(COc2cccc(C#N)c2)cs1. The molecule has 4 heteroatoms. The monoisotopic (exact) mass is 230 g/mol. The second-order valence-corrected chi connectivity index (χ2v) is 4.35. The van der Waals surface area contributed by atoms with E-state index in [9.17, 15) is 0 Å². The Morgan fingerprint density at radius 1 is 1.50 bits per heavy atom. The van der Waals surface area contributed by atoms with Gasteiger partial charge < -0.3 is 4.74 Å². The van der Waals surface area contributed by atoms with E-state index < -0.39 is 0 Å². The van der Waals surface area contributed by atoms with Crippen molar-refractivity contribution in [3.63, 3.8) is 0 Å². The average Bonchev–Trinajstić information content (AvgIpc) is 2.73. The summed E-state index contributed by atoms with van der Waals surface area (Å²) in [4.78, 5) is 4.30. The molecule has 0 aliphatic carbocycles. The van der Waals surface area contributed by atoms with Gasteiger partial charge in [-0.15, -0.1) is 11.3 Å². The highest BCUT2D eigenvalue weighted by Gasteiger charge is 2.00. The minimum absolute atomic E-state index is 0.444. The molecule has 1 aromatic carbocycles. The predicted octanol–water partition coefficient (Wildman–Crippen LogP) is 2.90. The van der Waals surface area contributed by atoms with Crippen molar-refractivity contribution in [3.8, 4) is 11.8 Å². The lowest BCUT2D eigenvalue weighted by Crippen LogP contribution is -1.95. The third-order valence-electron chi connectivity index (χ3n) is 2.02. The van der Waals surface area contributed by atoms with Gasteiger partial charge in [0.25, 0.3) is 0 Å². The van der Waals surface area contributed by atoms with Crippen molar-refractivity contribution in [2.45, 2.75) is 13.5 Å². The number of hydrogen-bond donors (Lipinski definition) is 0. The normalized spacial score (nSPS) is 9.75. The molecule has 0 saturated heterocycles. The molecule has 0 atom stereocenters. The third-order valence-corrected chi connectivity index (χ3v) is 2.84. The fraction of sp³-hybridized carbons (Fsp3) is 0.167. The van der Waals surface area contributed by atoms with Crippen LogP contribution in [-0.4, -0.2) is 4.98 Å². The van der Waals surface area contributed by atoms with Crippen molar-refractivity contribution in [1.29, 1.82) is 5.26 Å². The zero-order valence-corrected chi connectivity index (χ0v) is 9.62. The van der Waals surface area contributed by atoms with Crippen LogP contribution in [0.25, 0.3) is 0 Å². The molecule has 3 nitrogen and oxygen atoms in total. The van der Waals surface area contributed by atoms with E-state index in [-0.39, 0.29) is 0 Å². The maximum Gasteiger partial charge on any atom is 0.131 e. The van der Waals surface area contributed by atoms with Gasteiger partial charge in [-0.05, 0) is 25.1 Å². The van der Waals surface area contributed by atoms with Crippen LogP contribution < -0.4 is 4.74 Å². The summed E-state index contributed by atoms with van der Waals surface area (Å²) >= 11 is 1.60. The molecule has 0 fully saturated rings. The van der Waals surface area contributed by atoms with Crippen LogP contribution in [0.5, 0.6) is 5.75 Å².